The SMILES string of the molecule is CC(C)(C)C(=O)c1cccc(NC(=O)c2ccc(=O)n(C3CC3)c2)c1. The molecule has 3 rings (SSSR count). The summed E-state index contributed by atoms with van der Waals surface area (Å²) in [5.74, 6) is -0.277. The van der Waals surface area contributed by atoms with Crippen LogP contribution in [-0.4, -0.2) is 16.3 Å². The first-order valence-electron chi connectivity index (χ1n) is 8.44. The van der Waals surface area contributed by atoms with Gasteiger partial charge in [-0.2, -0.15) is 0 Å². The lowest BCUT2D eigenvalue weighted by atomic mass is 9.86. The van der Waals surface area contributed by atoms with Crippen LogP contribution in [0.25, 0.3) is 0 Å². The van der Waals surface area contributed by atoms with Gasteiger partial charge in [0.05, 0.1) is 5.56 Å². The maximum atomic E-state index is 12.5. The molecular weight excluding hydrogens is 316 g/mol. The van der Waals surface area contributed by atoms with Crippen LogP contribution in [0, 0.1) is 5.41 Å². The Morgan fingerprint density at radius 2 is 1.80 bits per heavy atom. The first-order valence-corrected chi connectivity index (χ1v) is 8.44. The van der Waals surface area contributed by atoms with Crippen LogP contribution in [0.15, 0.2) is 47.4 Å². The van der Waals surface area contributed by atoms with Gasteiger partial charge in [0.25, 0.3) is 11.5 Å². The van der Waals surface area contributed by atoms with Gasteiger partial charge in [-0.25, -0.2) is 0 Å². The van der Waals surface area contributed by atoms with Gasteiger partial charge in [-0.1, -0.05) is 32.9 Å². The smallest absolute Gasteiger partial charge is 0.257 e. The lowest BCUT2D eigenvalue weighted by Crippen LogP contribution is -2.22. The van der Waals surface area contributed by atoms with Crippen molar-refractivity contribution in [3.63, 3.8) is 0 Å². The highest BCUT2D eigenvalue weighted by atomic mass is 16.2. The Labute approximate surface area is 146 Å². The van der Waals surface area contributed by atoms with Gasteiger partial charge in [0.1, 0.15) is 0 Å². The average molecular weight is 338 g/mol. The predicted molar refractivity (Wildman–Crippen MR) is 97.2 cm³/mol. The molecule has 0 aliphatic heterocycles. The lowest BCUT2D eigenvalue weighted by molar-refractivity contribution is 0.0858. The highest BCUT2D eigenvalue weighted by molar-refractivity contribution is 6.05. The molecule has 0 bridgehead atoms. The Hall–Kier alpha value is -2.69. The zero-order valence-electron chi connectivity index (χ0n) is 14.7. The molecule has 5 nitrogen and oxygen atoms in total. The highest BCUT2D eigenvalue weighted by Gasteiger charge is 2.25. The zero-order valence-corrected chi connectivity index (χ0v) is 14.7. The van der Waals surface area contributed by atoms with Crippen LogP contribution >= 0.6 is 0 Å². The number of benzene rings is 1. The molecule has 0 saturated heterocycles. The van der Waals surface area contributed by atoms with Crippen molar-refractivity contribution in [2.45, 2.75) is 39.7 Å². The Bertz CT molecular complexity index is 886. The molecule has 0 spiro atoms. The molecule has 0 unspecified atom stereocenters. The van der Waals surface area contributed by atoms with Crippen LogP contribution in [0.1, 0.15) is 60.4 Å². The summed E-state index contributed by atoms with van der Waals surface area (Å²) in [6.07, 6.45) is 3.56. The third kappa shape index (κ3) is 3.87. The molecule has 1 N–H and O–H groups in total. The number of pyridine rings is 1. The average Bonchev–Trinajstić information content (AvgIpc) is 3.38. The van der Waals surface area contributed by atoms with Gasteiger partial charge >= 0.3 is 0 Å². The minimum Gasteiger partial charge on any atom is -0.322 e. The van der Waals surface area contributed by atoms with Crippen molar-refractivity contribution >= 4 is 17.4 Å². The molecule has 0 radical (unpaired) electrons. The van der Waals surface area contributed by atoms with Gasteiger partial charge in [0, 0.05) is 35.0 Å². The fourth-order valence-electron chi connectivity index (χ4n) is 2.65. The van der Waals surface area contributed by atoms with Crippen molar-refractivity contribution in [2.75, 3.05) is 5.32 Å². The summed E-state index contributed by atoms with van der Waals surface area (Å²) in [6, 6.07) is 10.1. The molecule has 1 saturated carbocycles. The van der Waals surface area contributed by atoms with Gasteiger partial charge in [-0.15, -0.1) is 0 Å². The number of nitrogens with zero attached hydrogens (tertiary/aromatic N) is 1. The monoisotopic (exact) mass is 338 g/mol. The summed E-state index contributed by atoms with van der Waals surface area (Å²) in [6.45, 7) is 5.59. The molecule has 1 aromatic heterocycles. The van der Waals surface area contributed by atoms with E-state index in [0.717, 1.165) is 12.8 Å². The third-order valence-electron chi connectivity index (χ3n) is 4.20. The first kappa shape index (κ1) is 17.1. The second-order valence-corrected chi connectivity index (χ2v) is 7.51. The lowest BCUT2D eigenvalue weighted by Gasteiger charge is -2.17. The maximum Gasteiger partial charge on any atom is 0.257 e. The Kier molecular flexibility index (Phi) is 4.33. The molecule has 0 atom stereocenters. The second-order valence-electron chi connectivity index (χ2n) is 7.51. The fourth-order valence-corrected chi connectivity index (χ4v) is 2.65. The van der Waals surface area contributed by atoms with Gasteiger partial charge in [0.15, 0.2) is 5.78 Å². The molecule has 130 valence electrons. The Morgan fingerprint density at radius 3 is 2.44 bits per heavy atom. The highest BCUT2D eigenvalue weighted by Crippen LogP contribution is 2.33. The summed E-state index contributed by atoms with van der Waals surface area (Å²) in [4.78, 5) is 36.7. The van der Waals surface area contributed by atoms with Crippen LogP contribution in [0.3, 0.4) is 0 Å². The Balaban J connectivity index is 1.81. The maximum absolute atomic E-state index is 12.5. The number of anilines is 1. The zero-order chi connectivity index (χ0) is 18.2. The van der Waals surface area contributed by atoms with Gasteiger partial charge in [0.2, 0.25) is 0 Å². The molecule has 1 fully saturated rings. The van der Waals surface area contributed by atoms with E-state index in [-0.39, 0.29) is 23.3 Å². The molecule has 1 aliphatic carbocycles. The van der Waals surface area contributed by atoms with Gasteiger partial charge < -0.3 is 9.88 Å². The van der Waals surface area contributed by atoms with Crippen LogP contribution in [0.2, 0.25) is 0 Å². The quantitative estimate of drug-likeness (QED) is 0.865. The van der Waals surface area contributed by atoms with Gasteiger partial charge in [-0.3, -0.25) is 14.4 Å². The van der Waals surface area contributed by atoms with E-state index < -0.39 is 5.41 Å². The molecule has 1 amide bonds. The largest absolute Gasteiger partial charge is 0.322 e. The number of rotatable bonds is 4. The van der Waals surface area contributed by atoms with Gasteiger partial charge in [-0.05, 0) is 31.0 Å². The number of aromatic nitrogens is 1. The number of hydrogen-bond acceptors (Lipinski definition) is 3. The van der Waals surface area contributed by atoms with E-state index in [1.54, 1.807) is 35.0 Å². The number of Topliss-reactive ketones (excluding diaryl/α,β-unsaturated/α-hetero) is 1. The molecular formula is C20H22N2O3. The molecule has 25 heavy (non-hydrogen) atoms. The molecule has 1 aliphatic rings. The van der Waals surface area contributed by atoms with Crippen molar-refractivity contribution in [3.05, 3.63) is 64.1 Å². The van der Waals surface area contributed by atoms with E-state index in [4.69, 9.17) is 0 Å². The van der Waals surface area contributed by atoms with E-state index in [9.17, 15) is 14.4 Å². The standard InChI is InChI=1S/C20H22N2O3/c1-20(2,3)18(24)13-5-4-6-15(11-13)21-19(25)14-7-10-17(23)22(12-14)16-8-9-16/h4-7,10-12,16H,8-9H2,1-3H3,(H,21,25). The van der Waals surface area contributed by atoms with E-state index in [0.29, 0.717) is 16.8 Å². The number of amides is 1. The number of carbonyl (C=O) groups excluding carboxylic acids is 2. The van der Waals surface area contributed by atoms with Crippen molar-refractivity contribution in [3.8, 4) is 0 Å². The summed E-state index contributed by atoms with van der Waals surface area (Å²) in [7, 11) is 0. The Morgan fingerprint density at radius 1 is 1.08 bits per heavy atom. The second kappa shape index (κ2) is 6.31. The van der Waals surface area contributed by atoms with E-state index >= 15 is 0 Å². The normalized spacial score (nSPS) is 14.2. The van der Waals surface area contributed by atoms with Crippen LogP contribution in [0.4, 0.5) is 5.69 Å². The minimum atomic E-state index is -0.484. The van der Waals surface area contributed by atoms with Crippen molar-refractivity contribution < 1.29 is 9.59 Å². The third-order valence-corrected chi connectivity index (χ3v) is 4.20. The van der Waals surface area contributed by atoms with Crippen LogP contribution in [-0.2, 0) is 0 Å². The fraction of sp³-hybridized carbons (Fsp3) is 0.350. The summed E-state index contributed by atoms with van der Waals surface area (Å²) < 4.78 is 1.62. The predicted octanol–water partition coefficient (Wildman–Crippen LogP) is 3.66. The number of ketones is 1. The topological polar surface area (TPSA) is 68.2 Å². The summed E-state index contributed by atoms with van der Waals surface area (Å²) in [5, 5.41) is 2.80. The first-order chi connectivity index (χ1) is 11.8. The summed E-state index contributed by atoms with van der Waals surface area (Å²) >= 11 is 0. The molecule has 5 heteroatoms. The van der Waals surface area contributed by atoms with Crippen LogP contribution in [0.5, 0.6) is 0 Å². The minimum absolute atomic E-state index is 0.0193. The number of carbonyl (C=O) groups is 2. The van der Waals surface area contributed by atoms with Crippen molar-refractivity contribution in [1.82, 2.24) is 4.57 Å². The number of hydrogen-bond donors (Lipinski definition) is 1. The number of nitrogens with one attached hydrogen (secondary N) is 1. The molecule has 1 aromatic carbocycles. The van der Waals surface area contributed by atoms with E-state index in [1.807, 2.05) is 20.8 Å². The van der Waals surface area contributed by atoms with Crippen molar-refractivity contribution in [1.29, 1.82) is 0 Å². The molecule has 2 aromatic rings. The summed E-state index contributed by atoms with van der Waals surface area (Å²) in [5.41, 5.74) is 0.982. The van der Waals surface area contributed by atoms with E-state index in [2.05, 4.69) is 5.32 Å². The molecule has 1 heterocycles. The van der Waals surface area contributed by atoms with E-state index in [1.165, 1.54) is 12.1 Å². The van der Waals surface area contributed by atoms with Crippen molar-refractivity contribution in [2.24, 2.45) is 5.41 Å². The van der Waals surface area contributed by atoms with Crippen LogP contribution < -0.4 is 10.9 Å².